The van der Waals surface area contributed by atoms with Crippen molar-refractivity contribution in [3.63, 3.8) is 0 Å². The van der Waals surface area contributed by atoms with E-state index in [0.717, 1.165) is 19.6 Å². The number of carboxylic acid groups (broad SMARTS) is 8. The summed E-state index contributed by atoms with van der Waals surface area (Å²) in [5, 5.41) is 153. The normalized spacial score (nSPS) is 19.5. The molecule has 2 amide bonds. The Kier molecular flexibility index (Phi) is 31.0. The molecule has 0 aromatic heterocycles. The predicted molar refractivity (Wildman–Crippen MR) is 242 cm³/mol. The number of ether oxygens (including phenoxy) is 2. The van der Waals surface area contributed by atoms with Crippen LogP contribution in [0.5, 0.6) is 0 Å². The summed E-state index contributed by atoms with van der Waals surface area (Å²) in [5.74, 6) is -13.5. The molecule has 1 aliphatic heterocycles. The van der Waals surface area contributed by atoms with Crippen LogP contribution in [0.1, 0.15) is 0 Å². The fourth-order valence-corrected chi connectivity index (χ4v) is 7.43. The molecule has 75 heavy (non-hydrogen) atoms. The van der Waals surface area contributed by atoms with Crippen LogP contribution in [0, 0.1) is 0 Å². The molecule has 1 aliphatic rings. The molecule has 1 heterocycles. The zero-order valence-electron chi connectivity index (χ0n) is 40.3. The first-order valence-electron chi connectivity index (χ1n) is 22.6. The van der Waals surface area contributed by atoms with Gasteiger partial charge in [0.05, 0.1) is 91.3 Å². The Balaban J connectivity index is 3.34. The lowest BCUT2D eigenvalue weighted by atomic mass is 9.96. The van der Waals surface area contributed by atoms with Gasteiger partial charge in [-0.3, -0.25) is 77.3 Å². The van der Waals surface area contributed by atoms with Crippen LogP contribution < -0.4 is 10.6 Å². The van der Waals surface area contributed by atoms with E-state index in [1.54, 1.807) is 0 Å². The van der Waals surface area contributed by atoms with Crippen LogP contribution in [0.25, 0.3) is 0 Å². The molecule has 0 unspecified atom stereocenters. The fourth-order valence-electron chi connectivity index (χ4n) is 7.43. The van der Waals surface area contributed by atoms with Crippen molar-refractivity contribution in [2.75, 3.05) is 138 Å². The lowest BCUT2D eigenvalue weighted by Gasteiger charge is -2.44. The monoisotopic (exact) mass is 1090 g/mol. The van der Waals surface area contributed by atoms with Gasteiger partial charge in [0.25, 0.3) is 0 Å². The van der Waals surface area contributed by atoms with E-state index in [1.807, 2.05) is 0 Å². The Morgan fingerprint density at radius 3 is 1.09 bits per heavy atom. The Labute approximate surface area is 425 Å². The molecule has 0 bridgehead atoms. The van der Waals surface area contributed by atoms with Gasteiger partial charge >= 0.3 is 47.8 Å². The largest absolute Gasteiger partial charge is 0.480 e. The average Bonchev–Trinajstić information content (AvgIpc) is 3.28. The number of hydrogen-bond donors (Lipinski definition) is 17. The minimum atomic E-state index is -2.28. The quantitative estimate of drug-likeness (QED) is 0.0270. The number of nitrogens with one attached hydrogen (secondary N) is 2. The summed E-state index contributed by atoms with van der Waals surface area (Å²) < 4.78 is 11.3. The van der Waals surface area contributed by atoms with Crippen LogP contribution in [0.3, 0.4) is 0 Å². The molecule has 1 rings (SSSR count). The third-order valence-corrected chi connectivity index (χ3v) is 10.9. The molecular formula is C40H68N8O27. The van der Waals surface area contributed by atoms with Gasteiger partial charge in [-0.05, 0) is 0 Å². The number of carbonyl (C=O) groups excluding carboxylic acids is 2. The van der Waals surface area contributed by atoms with Crippen molar-refractivity contribution in [3.05, 3.63) is 0 Å². The van der Waals surface area contributed by atoms with Crippen molar-refractivity contribution in [2.45, 2.75) is 55.0 Å². The Bertz CT molecular complexity index is 1860. The average molecular weight is 1090 g/mol. The van der Waals surface area contributed by atoms with E-state index in [9.17, 15) is 104 Å². The molecule has 0 saturated carbocycles. The maximum Gasteiger partial charge on any atom is 0.317 e. The van der Waals surface area contributed by atoms with Gasteiger partial charge in [0.2, 0.25) is 11.8 Å². The first-order chi connectivity index (χ1) is 35.1. The summed E-state index contributed by atoms with van der Waals surface area (Å²) >= 11 is 0. The number of rotatable bonds is 42. The first kappa shape index (κ1) is 67.1. The van der Waals surface area contributed by atoms with Crippen molar-refractivity contribution < 1.29 is 134 Å². The van der Waals surface area contributed by atoms with E-state index in [1.165, 1.54) is 9.80 Å². The molecule has 1 fully saturated rings. The highest BCUT2D eigenvalue weighted by molar-refractivity contribution is 5.80. The van der Waals surface area contributed by atoms with Gasteiger partial charge in [0.1, 0.15) is 42.7 Å². The van der Waals surface area contributed by atoms with Gasteiger partial charge in [0, 0.05) is 52.4 Å². The highest BCUT2D eigenvalue weighted by Gasteiger charge is 2.48. The number of aliphatic hydroxyl groups is 7. The molecule has 0 aliphatic carbocycles. The number of aliphatic hydroxyl groups excluding tert-OH is 7. The van der Waals surface area contributed by atoms with E-state index in [-0.39, 0.29) is 52.4 Å². The van der Waals surface area contributed by atoms with Crippen molar-refractivity contribution in [2.24, 2.45) is 0 Å². The molecule has 0 radical (unpaired) electrons. The third-order valence-electron chi connectivity index (χ3n) is 10.9. The van der Waals surface area contributed by atoms with Crippen LogP contribution in [-0.4, -0.2) is 358 Å². The zero-order chi connectivity index (χ0) is 57.1. The second kappa shape index (κ2) is 34.6. The maximum atomic E-state index is 13.5. The van der Waals surface area contributed by atoms with Crippen LogP contribution in [0.15, 0.2) is 0 Å². The molecule has 9 atom stereocenters. The van der Waals surface area contributed by atoms with Crippen LogP contribution in [0.2, 0.25) is 0 Å². The maximum absolute atomic E-state index is 13.5. The van der Waals surface area contributed by atoms with E-state index in [0.29, 0.717) is 0 Å². The van der Waals surface area contributed by atoms with Gasteiger partial charge in [-0.2, -0.15) is 0 Å². The molecule has 0 spiro atoms. The number of hydrogen-bond acceptors (Lipinski definition) is 25. The van der Waals surface area contributed by atoms with Gasteiger partial charge in [-0.25, -0.2) is 0 Å². The summed E-state index contributed by atoms with van der Waals surface area (Å²) in [6.45, 7) is -13.4. The lowest BCUT2D eigenvalue weighted by Crippen LogP contribution is -2.67. The molecule has 430 valence electrons. The third kappa shape index (κ3) is 27.5. The summed E-state index contributed by atoms with van der Waals surface area (Å²) in [7, 11) is 0. The molecule has 1 saturated heterocycles. The standard InChI is InChI=1S/C40H68N8O27/c49-19-22(41-25(53)9-45(13-29(59)60)5-1-43(11-27(55)56)3-7-47(15-31(63)64)16-32(65)66)36(71)39(23(52)20-50)75-40-35(38(73)37(72)24(21-51)74-40)42-26(54)10-46(14-30(61)62)6-2-44(12-28(57)58)4-8-48(17-33(67)68)18-34(69)70/h22-24,35-40,49-52,71-73H,1-21H2,(H,41,53)(H,42,54)(H,55,56)(H,57,58)(H,59,60)(H,61,62)(H,63,64)(H,65,66)(H,67,68)(H,69,70)/t22-,23+,24+,35+,36+,37+,38+,39+,40+/m0/s1. The Morgan fingerprint density at radius 1 is 0.453 bits per heavy atom. The molecular weight excluding hydrogens is 1020 g/mol. The summed E-state index contributed by atoms with van der Waals surface area (Å²) in [6, 6.07) is -3.80. The van der Waals surface area contributed by atoms with Crippen molar-refractivity contribution in [1.82, 2.24) is 40.0 Å². The second-order valence-corrected chi connectivity index (χ2v) is 17.0. The molecule has 0 aromatic rings. The minimum absolute atomic E-state index is 0.227. The SMILES string of the molecule is O=C(O)CN(CCN(CC(=O)O)CC(=O)O)CCN(CC(=O)O)CC(=O)N[C@H]1[C@@H](O[C@@H]([C@H](O)[C@H](CO)NC(=O)CN(CCN(CCN(CC(=O)O)CC(=O)O)CC(=O)O)CC(=O)O)[C@H](O)CO)O[C@H](CO)[C@@H](O)[C@@H]1O. The minimum Gasteiger partial charge on any atom is -0.480 e. The van der Waals surface area contributed by atoms with Crippen LogP contribution >= 0.6 is 0 Å². The fraction of sp³-hybridized carbons (Fsp3) is 0.750. The van der Waals surface area contributed by atoms with Gasteiger partial charge in [-0.15, -0.1) is 0 Å². The molecule has 17 N–H and O–H groups in total. The topological polar surface area (TPSA) is 536 Å². The number of carboxylic acids is 8. The first-order valence-corrected chi connectivity index (χ1v) is 22.6. The second-order valence-electron chi connectivity index (χ2n) is 17.0. The van der Waals surface area contributed by atoms with Crippen molar-refractivity contribution in [3.8, 4) is 0 Å². The Morgan fingerprint density at radius 2 is 0.773 bits per heavy atom. The van der Waals surface area contributed by atoms with E-state index >= 15 is 0 Å². The highest BCUT2D eigenvalue weighted by atomic mass is 16.7. The molecule has 35 nitrogen and oxygen atoms in total. The van der Waals surface area contributed by atoms with E-state index < -0.39 is 200 Å². The smallest absolute Gasteiger partial charge is 0.317 e. The predicted octanol–water partition coefficient (Wildman–Crippen LogP) is -11.0. The van der Waals surface area contributed by atoms with Crippen molar-refractivity contribution in [1.29, 1.82) is 0 Å². The molecule has 0 aromatic carbocycles. The number of carbonyl (C=O) groups is 10. The van der Waals surface area contributed by atoms with E-state index in [2.05, 4.69) is 10.6 Å². The summed E-state index contributed by atoms with van der Waals surface area (Å²) in [5.41, 5.74) is 0. The van der Waals surface area contributed by atoms with Crippen LogP contribution in [-0.2, 0) is 57.4 Å². The van der Waals surface area contributed by atoms with Gasteiger partial charge < -0.3 is 96.7 Å². The highest BCUT2D eigenvalue weighted by Crippen LogP contribution is 2.25. The summed E-state index contributed by atoms with van der Waals surface area (Å²) in [6.07, 6.45) is -14.6. The number of aliphatic carboxylic acids is 8. The Hall–Kier alpha value is -5.90. The number of nitrogens with zero attached hydrogens (tertiary/aromatic N) is 6. The zero-order valence-corrected chi connectivity index (χ0v) is 40.3. The van der Waals surface area contributed by atoms with Crippen LogP contribution in [0.4, 0.5) is 0 Å². The van der Waals surface area contributed by atoms with E-state index in [4.69, 9.17) is 29.9 Å². The van der Waals surface area contributed by atoms with Gasteiger partial charge in [0.15, 0.2) is 6.29 Å². The lowest BCUT2D eigenvalue weighted by molar-refractivity contribution is -0.300. The van der Waals surface area contributed by atoms with Crippen molar-refractivity contribution >= 4 is 59.6 Å². The molecule has 35 heteroatoms. The number of amides is 2. The summed E-state index contributed by atoms with van der Waals surface area (Å²) in [4.78, 5) is 125. The van der Waals surface area contributed by atoms with Gasteiger partial charge in [-0.1, -0.05) is 0 Å².